The highest BCUT2D eigenvalue weighted by molar-refractivity contribution is 5.85. The van der Waals surface area contributed by atoms with Gasteiger partial charge in [-0.05, 0) is 29.2 Å². The van der Waals surface area contributed by atoms with E-state index in [-0.39, 0.29) is 5.92 Å². The van der Waals surface area contributed by atoms with E-state index >= 15 is 0 Å². The van der Waals surface area contributed by atoms with Crippen LogP contribution in [0.1, 0.15) is 68.1 Å². The number of fused-ring (bicyclic) bond motifs is 1. The molecule has 0 spiro atoms. The molecule has 0 aliphatic carbocycles. The SMILES string of the molecule is CCCCCCCCn1cc(C(/C=C/c2ccccc2)c2ccccc2)c2ccccc21. The van der Waals surface area contributed by atoms with Crippen LogP contribution in [0.4, 0.5) is 0 Å². The molecule has 1 aromatic heterocycles. The monoisotopic (exact) mass is 421 g/mol. The number of allylic oxidation sites excluding steroid dienone is 1. The van der Waals surface area contributed by atoms with Crippen LogP contribution in [0.3, 0.4) is 0 Å². The van der Waals surface area contributed by atoms with Gasteiger partial charge >= 0.3 is 0 Å². The van der Waals surface area contributed by atoms with Gasteiger partial charge in [0, 0.05) is 29.6 Å². The van der Waals surface area contributed by atoms with Gasteiger partial charge in [0.2, 0.25) is 0 Å². The van der Waals surface area contributed by atoms with Gasteiger partial charge in [-0.3, -0.25) is 0 Å². The Morgan fingerprint density at radius 1 is 0.719 bits per heavy atom. The van der Waals surface area contributed by atoms with Crippen LogP contribution in [-0.4, -0.2) is 4.57 Å². The first kappa shape index (κ1) is 22.1. The topological polar surface area (TPSA) is 4.93 Å². The lowest BCUT2D eigenvalue weighted by atomic mass is 9.90. The molecule has 0 radical (unpaired) electrons. The zero-order chi connectivity index (χ0) is 22.0. The van der Waals surface area contributed by atoms with E-state index < -0.39 is 0 Å². The molecule has 32 heavy (non-hydrogen) atoms. The van der Waals surface area contributed by atoms with Gasteiger partial charge in [-0.2, -0.15) is 0 Å². The van der Waals surface area contributed by atoms with Crippen LogP contribution in [0.15, 0.2) is 97.2 Å². The van der Waals surface area contributed by atoms with Crippen molar-refractivity contribution in [3.05, 3.63) is 114 Å². The highest BCUT2D eigenvalue weighted by Gasteiger charge is 2.17. The lowest BCUT2D eigenvalue weighted by Gasteiger charge is -2.13. The normalized spacial score (nSPS) is 12.5. The van der Waals surface area contributed by atoms with Gasteiger partial charge in [0.05, 0.1) is 0 Å². The fourth-order valence-electron chi connectivity index (χ4n) is 4.60. The largest absolute Gasteiger partial charge is 0.347 e. The first-order valence-corrected chi connectivity index (χ1v) is 12.2. The molecule has 0 N–H and O–H groups in total. The molecule has 4 rings (SSSR count). The van der Waals surface area contributed by atoms with Crippen molar-refractivity contribution in [3.63, 3.8) is 0 Å². The van der Waals surface area contributed by atoms with Crippen LogP contribution in [0.2, 0.25) is 0 Å². The minimum Gasteiger partial charge on any atom is -0.347 e. The van der Waals surface area contributed by atoms with Crippen molar-refractivity contribution in [1.29, 1.82) is 0 Å². The Bertz CT molecular complexity index is 1110. The summed E-state index contributed by atoms with van der Waals surface area (Å²) >= 11 is 0. The summed E-state index contributed by atoms with van der Waals surface area (Å²) in [5, 5.41) is 1.37. The minimum absolute atomic E-state index is 0.229. The molecule has 0 amide bonds. The minimum atomic E-state index is 0.229. The van der Waals surface area contributed by atoms with E-state index in [1.54, 1.807) is 0 Å². The fourth-order valence-corrected chi connectivity index (χ4v) is 4.60. The molecule has 4 aromatic rings. The number of hydrogen-bond donors (Lipinski definition) is 0. The molecular weight excluding hydrogens is 386 g/mol. The van der Waals surface area contributed by atoms with E-state index in [0.29, 0.717) is 0 Å². The molecule has 1 heteroatoms. The molecule has 164 valence electrons. The van der Waals surface area contributed by atoms with Crippen molar-refractivity contribution in [2.24, 2.45) is 0 Å². The maximum atomic E-state index is 2.48. The van der Waals surface area contributed by atoms with Crippen molar-refractivity contribution < 1.29 is 0 Å². The molecule has 0 aliphatic heterocycles. The molecular formula is C31H35N. The summed E-state index contributed by atoms with van der Waals surface area (Å²) in [6.07, 6.45) is 15.0. The number of aromatic nitrogens is 1. The Morgan fingerprint density at radius 2 is 1.38 bits per heavy atom. The second-order valence-electron chi connectivity index (χ2n) is 8.72. The Labute approximate surface area is 193 Å². The van der Waals surface area contributed by atoms with Gasteiger partial charge in [-0.25, -0.2) is 0 Å². The molecule has 0 fully saturated rings. The lowest BCUT2D eigenvalue weighted by molar-refractivity contribution is 0.565. The van der Waals surface area contributed by atoms with Crippen molar-refractivity contribution in [2.45, 2.75) is 57.9 Å². The Hall–Kier alpha value is -3.06. The molecule has 0 saturated heterocycles. The number of benzene rings is 3. The van der Waals surface area contributed by atoms with E-state index in [4.69, 9.17) is 0 Å². The van der Waals surface area contributed by atoms with Gasteiger partial charge < -0.3 is 4.57 Å². The van der Waals surface area contributed by atoms with Gasteiger partial charge in [0.15, 0.2) is 0 Å². The van der Waals surface area contributed by atoms with Crippen molar-refractivity contribution in [2.75, 3.05) is 0 Å². The molecule has 1 atom stereocenters. The summed E-state index contributed by atoms with van der Waals surface area (Å²) in [6.45, 7) is 3.37. The molecule has 0 saturated carbocycles. The average Bonchev–Trinajstić information content (AvgIpc) is 3.21. The second kappa shape index (κ2) is 11.5. The number of rotatable bonds is 11. The third kappa shape index (κ3) is 5.59. The summed E-state index contributed by atoms with van der Waals surface area (Å²) in [7, 11) is 0. The maximum Gasteiger partial charge on any atom is 0.0483 e. The Kier molecular flexibility index (Phi) is 7.98. The summed E-state index contributed by atoms with van der Waals surface area (Å²) in [5.74, 6) is 0.229. The van der Waals surface area contributed by atoms with Crippen LogP contribution in [0.5, 0.6) is 0 Å². The van der Waals surface area contributed by atoms with Crippen LogP contribution >= 0.6 is 0 Å². The van der Waals surface area contributed by atoms with Gasteiger partial charge in [0.25, 0.3) is 0 Å². The maximum absolute atomic E-state index is 2.48. The average molecular weight is 422 g/mol. The predicted molar refractivity (Wildman–Crippen MR) is 139 cm³/mol. The van der Waals surface area contributed by atoms with Crippen LogP contribution in [-0.2, 0) is 6.54 Å². The summed E-state index contributed by atoms with van der Waals surface area (Å²) in [6, 6.07) is 30.4. The first-order valence-electron chi connectivity index (χ1n) is 12.2. The number of unbranched alkanes of at least 4 members (excludes halogenated alkanes) is 5. The number of hydrogen-bond acceptors (Lipinski definition) is 0. The number of aryl methyl sites for hydroxylation is 1. The molecule has 1 heterocycles. The molecule has 1 unspecified atom stereocenters. The standard InChI is InChI=1S/C31H35N/c1-2-3-4-5-6-15-24-32-25-30(29-20-13-14-21-31(29)32)28(27-18-11-8-12-19-27)23-22-26-16-9-7-10-17-26/h7-14,16-23,25,28H,2-6,15,24H2,1H3/b23-22+. The predicted octanol–water partition coefficient (Wildman–Crippen LogP) is 8.85. The molecule has 1 nitrogen and oxygen atoms in total. The van der Waals surface area contributed by atoms with Crippen molar-refractivity contribution in [1.82, 2.24) is 4.57 Å². The van der Waals surface area contributed by atoms with Crippen LogP contribution in [0, 0.1) is 0 Å². The molecule has 3 aromatic carbocycles. The number of nitrogens with zero attached hydrogens (tertiary/aromatic N) is 1. The van der Waals surface area contributed by atoms with Gasteiger partial charge in [0.1, 0.15) is 0 Å². The first-order chi connectivity index (χ1) is 15.9. The van der Waals surface area contributed by atoms with E-state index in [0.717, 1.165) is 6.54 Å². The lowest BCUT2D eigenvalue weighted by Crippen LogP contribution is -1.98. The van der Waals surface area contributed by atoms with Gasteiger partial charge in [-0.15, -0.1) is 0 Å². The Balaban J connectivity index is 1.64. The summed E-state index contributed by atoms with van der Waals surface area (Å²) < 4.78 is 2.48. The fraction of sp³-hybridized carbons (Fsp3) is 0.290. The second-order valence-corrected chi connectivity index (χ2v) is 8.72. The molecule has 0 bridgehead atoms. The smallest absolute Gasteiger partial charge is 0.0483 e. The van der Waals surface area contributed by atoms with E-state index in [9.17, 15) is 0 Å². The third-order valence-electron chi connectivity index (χ3n) is 6.35. The zero-order valence-corrected chi connectivity index (χ0v) is 19.3. The Morgan fingerprint density at radius 3 is 2.16 bits per heavy atom. The van der Waals surface area contributed by atoms with E-state index in [1.807, 2.05) is 0 Å². The van der Waals surface area contributed by atoms with E-state index in [1.165, 1.54) is 66.1 Å². The van der Waals surface area contributed by atoms with Crippen molar-refractivity contribution in [3.8, 4) is 0 Å². The number of para-hydroxylation sites is 1. The highest BCUT2D eigenvalue weighted by Crippen LogP contribution is 2.34. The van der Waals surface area contributed by atoms with Crippen LogP contribution < -0.4 is 0 Å². The van der Waals surface area contributed by atoms with Crippen LogP contribution in [0.25, 0.3) is 17.0 Å². The third-order valence-corrected chi connectivity index (χ3v) is 6.35. The van der Waals surface area contributed by atoms with E-state index in [2.05, 4.69) is 115 Å². The van der Waals surface area contributed by atoms with Gasteiger partial charge in [-0.1, -0.05) is 130 Å². The zero-order valence-electron chi connectivity index (χ0n) is 19.3. The quantitative estimate of drug-likeness (QED) is 0.213. The highest BCUT2D eigenvalue weighted by atomic mass is 15.0. The van der Waals surface area contributed by atoms with Crippen molar-refractivity contribution >= 4 is 17.0 Å². The summed E-state index contributed by atoms with van der Waals surface area (Å²) in [4.78, 5) is 0. The summed E-state index contributed by atoms with van der Waals surface area (Å²) in [5.41, 5.74) is 5.32. The molecule has 0 aliphatic rings.